The summed E-state index contributed by atoms with van der Waals surface area (Å²) < 4.78 is 10.7. The molecule has 0 unspecified atom stereocenters. The van der Waals surface area contributed by atoms with Crippen LogP contribution in [-0.2, 0) is 9.53 Å². The van der Waals surface area contributed by atoms with E-state index in [0.29, 0.717) is 12.8 Å². The molecule has 2 amide bonds. The standard InChI is InChI=1S/C25H22N2O6/c28-22(26-14-25(10-11-25)23(29)30)21-20(9-12-32-21)27-24(31)33-13-19-17-7-3-1-5-15(17)16-6-2-4-8-18(16)19/h1-9,12,19H,10-11,13-14H2,(H,26,28)(H,27,31)(H,29,30). The van der Waals surface area contributed by atoms with Crippen LogP contribution < -0.4 is 10.6 Å². The largest absolute Gasteiger partial charge is 0.481 e. The monoisotopic (exact) mass is 446 g/mol. The van der Waals surface area contributed by atoms with Gasteiger partial charge in [0.1, 0.15) is 6.61 Å². The van der Waals surface area contributed by atoms with Gasteiger partial charge in [-0.2, -0.15) is 0 Å². The fourth-order valence-electron chi connectivity index (χ4n) is 4.27. The first-order valence-corrected chi connectivity index (χ1v) is 10.7. The third kappa shape index (κ3) is 3.84. The number of aliphatic carboxylic acids is 1. The normalized spacial score (nSPS) is 15.3. The minimum Gasteiger partial charge on any atom is -0.481 e. The number of amides is 2. The maximum Gasteiger partial charge on any atom is 0.411 e. The van der Waals surface area contributed by atoms with Crippen molar-refractivity contribution in [3.05, 3.63) is 77.7 Å². The van der Waals surface area contributed by atoms with Gasteiger partial charge < -0.3 is 19.6 Å². The summed E-state index contributed by atoms with van der Waals surface area (Å²) in [4.78, 5) is 36.2. The summed E-state index contributed by atoms with van der Waals surface area (Å²) in [7, 11) is 0. The van der Waals surface area contributed by atoms with Gasteiger partial charge in [-0.3, -0.25) is 14.9 Å². The Morgan fingerprint density at radius 1 is 1.00 bits per heavy atom. The highest BCUT2D eigenvalue weighted by atomic mass is 16.5. The molecule has 8 heteroatoms. The highest BCUT2D eigenvalue weighted by Gasteiger charge is 2.50. The number of rotatable bonds is 7. The molecule has 8 nitrogen and oxygen atoms in total. The average molecular weight is 446 g/mol. The van der Waals surface area contributed by atoms with Gasteiger partial charge in [0.05, 0.1) is 17.4 Å². The van der Waals surface area contributed by atoms with Crippen molar-refractivity contribution >= 4 is 23.7 Å². The molecule has 0 radical (unpaired) electrons. The first-order valence-electron chi connectivity index (χ1n) is 10.7. The van der Waals surface area contributed by atoms with Crippen LogP contribution in [0.25, 0.3) is 11.1 Å². The second-order valence-electron chi connectivity index (χ2n) is 8.38. The summed E-state index contributed by atoms with van der Waals surface area (Å²) in [6.07, 6.45) is 1.60. The predicted octanol–water partition coefficient (Wildman–Crippen LogP) is 4.24. The Morgan fingerprint density at radius 2 is 1.64 bits per heavy atom. The molecule has 2 aromatic carbocycles. The Kier molecular flexibility index (Phi) is 5.12. The van der Waals surface area contributed by atoms with E-state index in [9.17, 15) is 19.5 Å². The highest BCUT2D eigenvalue weighted by molar-refractivity contribution is 6.00. The van der Waals surface area contributed by atoms with Crippen molar-refractivity contribution in [1.82, 2.24) is 5.32 Å². The molecule has 3 N–H and O–H groups in total. The second-order valence-corrected chi connectivity index (χ2v) is 8.38. The van der Waals surface area contributed by atoms with Gasteiger partial charge in [0.25, 0.3) is 5.91 Å². The van der Waals surface area contributed by atoms with Crippen molar-refractivity contribution in [3.8, 4) is 11.1 Å². The molecule has 0 aliphatic heterocycles. The van der Waals surface area contributed by atoms with Gasteiger partial charge in [0, 0.05) is 18.5 Å². The van der Waals surface area contributed by atoms with E-state index in [0.717, 1.165) is 22.3 Å². The van der Waals surface area contributed by atoms with Crippen LogP contribution >= 0.6 is 0 Å². The van der Waals surface area contributed by atoms with E-state index >= 15 is 0 Å². The number of ether oxygens (including phenoxy) is 1. The summed E-state index contributed by atoms with van der Waals surface area (Å²) in [5.74, 6) is -1.72. The number of carbonyl (C=O) groups excluding carboxylic acids is 2. The number of furan rings is 1. The Bertz CT molecular complexity index is 1200. The third-order valence-corrected chi connectivity index (χ3v) is 6.35. The average Bonchev–Trinajstić information content (AvgIpc) is 3.38. The number of fused-ring (bicyclic) bond motifs is 3. The lowest BCUT2D eigenvalue weighted by Crippen LogP contribution is -2.34. The predicted molar refractivity (Wildman–Crippen MR) is 119 cm³/mol. The molecule has 5 rings (SSSR count). The lowest BCUT2D eigenvalue weighted by Gasteiger charge is -2.14. The number of hydrogen-bond acceptors (Lipinski definition) is 5. The van der Waals surface area contributed by atoms with Crippen molar-refractivity contribution in [1.29, 1.82) is 0 Å². The molecule has 1 fully saturated rings. The number of carboxylic acids is 1. The fourth-order valence-corrected chi connectivity index (χ4v) is 4.27. The maximum atomic E-state index is 12.5. The van der Waals surface area contributed by atoms with Crippen molar-refractivity contribution in [3.63, 3.8) is 0 Å². The molecule has 1 aromatic heterocycles. The van der Waals surface area contributed by atoms with E-state index in [1.807, 2.05) is 36.4 Å². The van der Waals surface area contributed by atoms with E-state index < -0.39 is 23.4 Å². The molecular weight excluding hydrogens is 424 g/mol. The van der Waals surface area contributed by atoms with Crippen molar-refractivity contribution in [2.75, 3.05) is 18.5 Å². The van der Waals surface area contributed by atoms with Crippen LogP contribution in [0.3, 0.4) is 0 Å². The van der Waals surface area contributed by atoms with E-state index in [1.54, 1.807) is 0 Å². The number of hydrogen-bond donors (Lipinski definition) is 3. The minimum absolute atomic E-state index is 0.00620. The van der Waals surface area contributed by atoms with Crippen LogP contribution in [-0.4, -0.2) is 36.2 Å². The van der Waals surface area contributed by atoms with Crippen LogP contribution in [0.2, 0.25) is 0 Å². The van der Waals surface area contributed by atoms with Crippen LogP contribution in [0.5, 0.6) is 0 Å². The Labute approximate surface area is 189 Å². The molecule has 2 aliphatic carbocycles. The van der Waals surface area contributed by atoms with Crippen molar-refractivity contribution in [2.24, 2.45) is 5.41 Å². The van der Waals surface area contributed by atoms with Crippen LogP contribution in [0.15, 0.2) is 65.3 Å². The smallest absolute Gasteiger partial charge is 0.411 e. The number of carboxylic acid groups (broad SMARTS) is 1. The van der Waals surface area contributed by atoms with Crippen molar-refractivity contribution < 1.29 is 28.6 Å². The molecule has 33 heavy (non-hydrogen) atoms. The van der Waals surface area contributed by atoms with Gasteiger partial charge in [-0.1, -0.05) is 48.5 Å². The summed E-state index contributed by atoms with van der Waals surface area (Å²) >= 11 is 0. The van der Waals surface area contributed by atoms with Crippen LogP contribution in [0.1, 0.15) is 40.4 Å². The number of carbonyl (C=O) groups is 3. The summed E-state index contributed by atoms with van der Waals surface area (Å²) in [5.41, 5.74) is 3.72. The number of anilines is 1. The summed E-state index contributed by atoms with van der Waals surface area (Å²) in [6, 6.07) is 17.5. The molecule has 0 atom stereocenters. The summed E-state index contributed by atoms with van der Waals surface area (Å²) in [6.45, 7) is 0.145. The van der Waals surface area contributed by atoms with E-state index in [1.165, 1.54) is 12.3 Å². The van der Waals surface area contributed by atoms with Gasteiger partial charge >= 0.3 is 12.1 Å². The summed E-state index contributed by atoms with van der Waals surface area (Å²) in [5, 5.41) is 14.4. The SMILES string of the molecule is O=C(Nc1ccoc1C(=O)NCC1(C(=O)O)CC1)OCC1c2ccccc2-c2ccccc21. The molecule has 0 saturated heterocycles. The molecule has 2 aliphatic rings. The van der Waals surface area contributed by atoms with Crippen LogP contribution in [0.4, 0.5) is 10.5 Å². The Morgan fingerprint density at radius 3 is 2.24 bits per heavy atom. The van der Waals surface area contributed by atoms with Gasteiger partial charge in [-0.25, -0.2) is 4.79 Å². The first-order chi connectivity index (χ1) is 16.0. The zero-order valence-corrected chi connectivity index (χ0v) is 17.7. The Balaban J connectivity index is 1.22. The topological polar surface area (TPSA) is 118 Å². The lowest BCUT2D eigenvalue weighted by molar-refractivity contribution is -0.143. The molecular formula is C25H22N2O6. The van der Waals surface area contributed by atoms with Gasteiger partial charge in [0.15, 0.2) is 0 Å². The molecule has 0 bridgehead atoms. The van der Waals surface area contributed by atoms with Gasteiger partial charge in [-0.15, -0.1) is 0 Å². The number of nitrogens with one attached hydrogen (secondary N) is 2. The molecule has 0 spiro atoms. The van der Waals surface area contributed by atoms with E-state index in [4.69, 9.17) is 9.15 Å². The van der Waals surface area contributed by atoms with Crippen LogP contribution in [0, 0.1) is 5.41 Å². The Hall–Kier alpha value is -4.07. The number of benzene rings is 2. The van der Waals surface area contributed by atoms with E-state index in [2.05, 4.69) is 22.8 Å². The lowest BCUT2D eigenvalue weighted by atomic mass is 9.98. The van der Waals surface area contributed by atoms with Crippen molar-refractivity contribution in [2.45, 2.75) is 18.8 Å². The van der Waals surface area contributed by atoms with Gasteiger partial charge in [-0.05, 0) is 35.1 Å². The fraction of sp³-hybridized carbons (Fsp3) is 0.240. The highest BCUT2D eigenvalue weighted by Crippen LogP contribution is 2.45. The molecule has 1 saturated carbocycles. The second kappa shape index (κ2) is 8.12. The van der Waals surface area contributed by atoms with Gasteiger partial charge in [0.2, 0.25) is 5.76 Å². The molecule has 168 valence electrons. The third-order valence-electron chi connectivity index (χ3n) is 6.35. The first kappa shape index (κ1) is 20.8. The maximum absolute atomic E-state index is 12.5. The minimum atomic E-state index is -0.931. The zero-order valence-electron chi connectivity index (χ0n) is 17.7. The quantitative estimate of drug-likeness (QED) is 0.500. The molecule has 1 heterocycles. The molecule has 3 aromatic rings. The zero-order chi connectivity index (χ0) is 23.0. The van der Waals surface area contributed by atoms with E-state index in [-0.39, 0.29) is 30.5 Å².